The molecule has 0 fully saturated rings. The topological polar surface area (TPSA) is 25.2 Å². The molecule has 0 bridgehead atoms. The first-order chi connectivity index (χ1) is 8.92. The summed E-state index contributed by atoms with van der Waals surface area (Å²) in [4.78, 5) is 9.11. The molecule has 0 N–H and O–H groups in total. The van der Waals surface area contributed by atoms with E-state index in [0.717, 1.165) is 12.1 Å². The van der Waals surface area contributed by atoms with Crippen molar-refractivity contribution in [3.8, 4) is 0 Å². The molecule has 1 heterocycles. The summed E-state index contributed by atoms with van der Waals surface area (Å²) in [6.45, 7) is 13.3. The van der Waals surface area contributed by atoms with Crippen LogP contribution >= 0.6 is 0 Å². The molecule has 19 heavy (non-hydrogen) atoms. The van der Waals surface area contributed by atoms with E-state index >= 15 is 0 Å². The molecule has 1 unspecified atom stereocenters. The summed E-state index contributed by atoms with van der Waals surface area (Å²) in [5.41, 5.74) is 4.98. The van der Waals surface area contributed by atoms with Crippen LogP contribution < -0.4 is 0 Å². The molecule has 1 rings (SSSR count). The first-order valence-electron chi connectivity index (χ1n) is 7.39. The van der Waals surface area contributed by atoms with Crippen molar-refractivity contribution in [1.82, 2.24) is 4.98 Å². The lowest BCUT2D eigenvalue weighted by atomic mass is 9.88. The van der Waals surface area contributed by atoms with Crippen molar-refractivity contribution in [2.45, 2.75) is 59.8 Å². The van der Waals surface area contributed by atoms with Gasteiger partial charge in [0.2, 0.25) is 0 Å². The number of hydrogen-bond donors (Lipinski definition) is 0. The highest BCUT2D eigenvalue weighted by Crippen LogP contribution is 2.27. The smallest absolute Gasteiger partial charge is 0.0460 e. The lowest BCUT2D eigenvalue weighted by Crippen LogP contribution is -2.15. The molecule has 1 aromatic heterocycles. The normalized spacial score (nSPS) is 14.3. The monoisotopic (exact) mass is 260 g/mol. The second kappa shape index (κ2) is 6.83. The van der Waals surface area contributed by atoms with Gasteiger partial charge in [0.1, 0.15) is 0 Å². The van der Waals surface area contributed by atoms with Crippen molar-refractivity contribution in [2.24, 2.45) is 10.9 Å². The Labute approximate surface area is 118 Å². The van der Waals surface area contributed by atoms with Crippen LogP contribution in [0, 0.1) is 5.92 Å². The quantitative estimate of drug-likeness (QED) is 0.698. The largest absolute Gasteiger partial charge is 0.292 e. The first kappa shape index (κ1) is 15.9. The summed E-state index contributed by atoms with van der Waals surface area (Å²) in [5, 5.41) is 0. The number of aliphatic imine (C=N–C) groups is 1. The molecule has 0 aliphatic rings. The number of nitrogens with zero attached hydrogens (tertiary/aromatic N) is 2. The minimum atomic E-state index is 0.430. The molecule has 0 spiro atoms. The Hall–Kier alpha value is -1.18. The minimum absolute atomic E-state index is 0.430. The van der Waals surface area contributed by atoms with Gasteiger partial charge < -0.3 is 0 Å². The summed E-state index contributed by atoms with van der Waals surface area (Å²) >= 11 is 0. The molecule has 2 heteroatoms. The fraction of sp³-hybridized carbons (Fsp3) is 0.647. The Morgan fingerprint density at radius 1 is 1.21 bits per heavy atom. The zero-order chi connectivity index (χ0) is 14.6. The van der Waals surface area contributed by atoms with E-state index in [0.29, 0.717) is 17.8 Å². The van der Waals surface area contributed by atoms with E-state index in [4.69, 9.17) is 0 Å². The zero-order valence-corrected chi connectivity index (χ0v) is 13.5. The molecule has 0 radical (unpaired) electrons. The van der Waals surface area contributed by atoms with Gasteiger partial charge in [0.25, 0.3) is 0 Å². The van der Waals surface area contributed by atoms with Gasteiger partial charge in [-0.3, -0.25) is 9.98 Å². The molecule has 0 aliphatic heterocycles. The Balaban J connectivity index is 3.39. The minimum Gasteiger partial charge on any atom is -0.292 e. The van der Waals surface area contributed by atoms with E-state index in [1.807, 2.05) is 13.2 Å². The maximum absolute atomic E-state index is 4.63. The molecule has 0 amide bonds. The van der Waals surface area contributed by atoms with Gasteiger partial charge in [0.15, 0.2) is 0 Å². The number of pyridine rings is 1. The van der Waals surface area contributed by atoms with E-state index in [2.05, 4.69) is 57.6 Å². The molecule has 1 aromatic rings. The Morgan fingerprint density at radius 2 is 1.84 bits per heavy atom. The van der Waals surface area contributed by atoms with Crippen LogP contribution in [0.25, 0.3) is 0 Å². The van der Waals surface area contributed by atoms with Gasteiger partial charge in [0.05, 0.1) is 0 Å². The molecule has 0 saturated heterocycles. The highest BCUT2D eigenvalue weighted by molar-refractivity contribution is 6.03. The van der Waals surface area contributed by atoms with Crippen LogP contribution in [0.15, 0.2) is 17.3 Å². The van der Waals surface area contributed by atoms with Gasteiger partial charge in [-0.2, -0.15) is 0 Å². The summed E-state index contributed by atoms with van der Waals surface area (Å²) in [5.74, 6) is 1.45. The Kier molecular flexibility index (Phi) is 5.71. The Bertz CT molecular complexity index is 445. The SMILES string of the molecule is CCC(C)c1cc(C(C)C)ncc1C(=NC)C(C)C. The third kappa shape index (κ3) is 3.65. The maximum atomic E-state index is 4.63. The van der Waals surface area contributed by atoms with E-state index in [1.54, 1.807) is 0 Å². The van der Waals surface area contributed by atoms with Crippen molar-refractivity contribution < 1.29 is 0 Å². The predicted molar refractivity (Wildman–Crippen MR) is 84.3 cm³/mol. The third-order valence-electron chi connectivity index (χ3n) is 3.76. The fourth-order valence-corrected chi connectivity index (χ4v) is 2.34. The van der Waals surface area contributed by atoms with Crippen LogP contribution in [0.5, 0.6) is 0 Å². The van der Waals surface area contributed by atoms with Crippen molar-refractivity contribution in [3.63, 3.8) is 0 Å². The average molecular weight is 260 g/mol. The van der Waals surface area contributed by atoms with Gasteiger partial charge in [-0.1, -0.05) is 41.5 Å². The van der Waals surface area contributed by atoms with Crippen molar-refractivity contribution in [2.75, 3.05) is 7.05 Å². The van der Waals surface area contributed by atoms with E-state index in [-0.39, 0.29) is 0 Å². The van der Waals surface area contributed by atoms with Crippen molar-refractivity contribution in [3.05, 3.63) is 29.1 Å². The first-order valence-corrected chi connectivity index (χ1v) is 7.39. The van der Waals surface area contributed by atoms with Crippen molar-refractivity contribution >= 4 is 5.71 Å². The molecule has 0 aromatic carbocycles. The van der Waals surface area contributed by atoms with Crippen LogP contribution in [-0.4, -0.2) is 17.7 Å². The molecule has 106 valence electrons. The van der Waals surface area contributed by atoms with Gasteiger partial charge >= 0.3 is 0 Å². The second-order valence-electron chi connectivity index (χ2n) is 5.92. The van der Waals surface area contributed by atoms with Gasteiger partial charge in [-0.15, -0.1) is 0 Å². The lowest BCUT2D eigenvalue weighted by molar-refractivity contribution is 0.719. The molecule has 2 nitrogen and oxygen atoms in total. The Morgan fingerprint density at radius 3 is 2.26 bits per heavy atom. The third-order valence-corrected chi connectivity index (χ3v) is 3.76. The highest BCUT2D eigenvalue weighted by atomic mass is 14.7. The molecule has 0 saturated carbocycles. The summed E-state index contributed by atoms with van der Waals surface area (Å²) in [7, 11) is 1.88. The fourth-order valence-electron chi connectivity index (χ4n) is 2.34. The summed E-state index contributed by atoms with van der Waals surface area (Å²) in [6.07, 6.45) is 3.17. The van der Waals surface area contributed by atoms with Crippen LogP contribution in [0.4, 0.5) is 0 Å². The predicted octanol–water partition coefficient (Wildman–Crippen LogP) is 4.79. The molecular formula is C17H28N2. The highest BCUT2D eigenvalue weighted by Gasteiger charge is 2.17. The summed E-state index contributed by atoms with van der Waals surface area (Å²) in [6, 6.07) is 2.28. The summed E-state index contributed by atoms with van der Waals surface area (Å²) < 4.78 is 0. The molecular weight excluding hydrogens is 232 g/mol. The number of hydrogen-bond acceptors (Lipinski definition) is 2. The zero-order valence-electron chi connectivity index (χ0n) is 13.5. The standard InChI is InChI=1S/C17H28N2/c1-8-13(6)14-9-16(11(2)3)19-10-15(14)17(18-7)12(4)5/h9-13H,8H2,1-7H3. The van der Waals surface area contributed by atoms with Gasteiger partial charge in [-0.05, 0) is 35.8 Å². The van der Waals surface area contributed by atoms with Crippen LogP contribution in [0.1, 0.15) is 76.6 Å². The van der Waals surface area contributed by atoms with Crippen molar-refractivity contribution in [1.29, 1.82) is 0 Å². The second-order valence-corrected chi connectivity index (χ2v) is 5.92. The van der Waals surface area contributed by atoms with E-state index in [1.165, 1.54) is 16.8 Å². The van der Waals surface area contributed by atoms with E-state index < -0.39 is 0 Å². The number of aromatic nitrogens is 1. The molecule has 1 atom stereocenters. The van der Waals surface area contributed by atoms with Crippen LogP contribution in [0.3, 0.4) is 0 Å². The van der Waals surface area contributed by atoms with Gasteiger partial charge in [-0.25, -0.2) is 0 Å². The lowest BCUT2D eigenvalue weighted by Gasteiger charge is -2.20. The van der Waals surface area contributed by atoms with E-state index in [9.17, 15) is 0 Å². The average Bonchev–Trinajstić information content (AvgIpc) is 2.38. The van der Waals surface area contributed by atoms with Crippen LogP contribution in [-0.2, 0) is 0 Å². The van der Waals surface area contributed by atoms with Crippen LogP contribution in [0.2, 0.25) is 0 Å². The maximum Gasteiger partial charge on any atom is 0.0460 e. The number of rotatable bonds is 5. The van der Waals surface area contributed by atoms with Gasteiger partial charge in [0, 0.05) is 30.2 Å². The molecule has 0 aliphatic carbocycles.